The number of carbonyl (C=O) groups is 8. The molecule has 0 saturated carbocycles. The lowest BCUT2D eigenvalue weighted by atomic mass is 9.64. The second-order valence-electron chi connectivity index (χ2n) is 29.1. The van der Waals surface area contributed by atoms with Crippen LogP contribution in [-0.4, -0.2) is 269 Å². The van der Waals surface area contributed by atoms with E-state index in [0.29, 0.717) is 32.9 Å². The van der Waals surface area contributed by atoms with Gasteiger partial charge in [0.1, 0.15) is 61.3 Å². The molecule has 28 nitrogen and oxygen atoms in total. The van der Waals surface area contributed by atoms with Gasteiger partial charge >= 0.3 is 47.8 Å². The van der Waals surface area contributed by atoms with Gasteiger partial charge in [-0.1, -0.05) is 28.7 Å². The van der Waals surface area contributed by atoms with E-state index in [1.54, 1.807) is 104 Å². The van der Waals surface area contributed by atoms with Crippen LogP contribution in [0.15, 0.2) is 0 Å². The minimum atomic E-state index is -1.56. The molecule has 0 amide bonds. The highest BCUT2D eigenvalue weighted by molar-refractivity contribution is 8.01. The molecule has 0 spiro atoms. The van der Waals surface area contributed by atoms with Gasteiger partial charge < -0.3 is 86.3 Å². The summed E-state index contributed by atoms with van der Waals surface area (Å²) >= 11 is 2.20. The van der Waals surface area contributed by atoms with Crippen LogP contribution in [-0.2, 0) is 105 Å². The number of rotatable bonds is 49. The number of methoxy groups -OCH3 is 4. The van der Waals surface area contributed by atoms with Gasteiger partial charge in [0.25, 0.3) is 0 Å². The van der Waals surface area contributed by atoms with Gasteiger partial charge in [0.05, 0.1) is 124 Å². The van der Waals surface area contributed by atoms with Crippen molar-refractivity contribution in [1.29, 1.82) is 10.5 Å². The number of likely N-dealkylation sites (N-methyl/N-ethyl adjacent to an activating group) is 2. The lowest BCUT2D eigenvalue weighted by molar-refractivity contribution is -0.170. The number of nitriles is 2. The fraction of sp³-hybridized carbons (Fsp3) is 0.859. The molecule has 101 heavy (non-hydrogen) atoms. The highest BCUT2D eigenvalue weighted by atomic mass is 32.2. The molecule has 0 aromatic rings. The van der Waals surface area contributed by atoms with Crippen LogP contribution in [0.4, 0.5) is 0 Å². The van der Waals surface area contributed by atoms with E-state index in [4.69, 9.17) is 66.3 Å². The van der Waals surface area contributed by atoms with Gasteiger partial charge in [-0.25, -0.2) is 0 Å². The molecular weight excluding hydrogens is 1360 g/mol. The molecule has 0 aromatic carbocycles. The van der Waals surface area contributed by atoms with Crippen LogP contribution in [0.2, 0.25) is 0 Å². The van der Waals surface area contributed by atoms with Crippen molar-refractivity contribution in [3.63, 3.8) is 0 Å². The topological polar surface area (TPSA) is 360 Å². The molecule has 0 aliphatic carbocycles. The van der Waals surface area contributed by atoms with Crippen molar-refractivity contribution < 1.29 is 116 Å². The molecule has 1 heterocycles. The third kappa shape index (κ3) is 37.5. The normalized spacial score (nSPS) is 18.0. The Kier molecular flexibility index (Phi) is 47.1. The van der Waals surface area contributed by atoms with Gasteiger partial charge in [-0.15, -0.1) is 23.5 Å². The van der Waals surface area contributed by atoms with Crippen LogP contribution in [0, 0.1) is 67.0 Å². The van der Waals surface area contributed by atoms with Crippen molar-refractivity contribution in [2.75, 3.05) is 174 Å². The van der Waals surface area contributed by atoms with Crippen LogP contribution in [0.5, 0.6) is 0 Å². The van der Waals surface area contributed by atoms with Crippen molar-refractivity contribution in [3.05, 3.63) is 0 Å². The molecule has 10 atom stereocenters. The summed E-state index contributed by atoms with van der Waals surface area (Å²) in [4.78, 5) is 112. The predicted molar refractivity (Wildman–Crippen MR) is 385 cm³/mol. The average molecular weight is 1490 g/mol. The molecule has 0 aromatic heterocycles. The summed E-state index contributed by atoms with van der Waals surface area (Å²) in [5.41, 5.74) is -7.78. The zero-order valence-electron chi connectivity index (χ0n) is 63.3. The van der Waals surface area contributed by atoms with E-state index in [0.717, 1.165) is 23.5 Å². The third-order valence-electron chi connectivity index (χ3n) is 16.0. The molecular formula is C71H130N4O24S2. The second kappa shape index (κ2) is 47.5. The number of aliphatic hydroxyl groups is 2. The lowest BCUT2D eigenvalue weighted by Crippen LogP contribution is -2.48. The van der Waals surface area contributed by atoms with E-state index in [1.165, 1.54) is 21.3 Å². The van der Waals surface area contributed by atoms with Gasteiger partial charge in [-0.2, -0.15) is 10.5 Å². The van der Waals surface area contributed by atoms with Crippen LogP contribution >= 0.6 is 23.5 Å². The largest absolute Gasteiger partial charge is 0.469 e. The Bertz CT molecular complexity index is 2610. The van der Waals surface area contributed by atoms with Crippen molar-refractivity contribution in [3.8, 4) is 12.1 Å². The maximum Gasteiger partial charge on any atom is 0.322 e. The maximum atomic E-state index is 14.2. The van der Waals surface area contributed by atoms with Crippen LogP contribution in [0.25, 0.3) is 0 Å². The van der Waals surface area contributed by atoms with Gasteiger partial charge in [0, 0.05) is 40.2 Å². The molecule has 2 N–H and O–H groups in total. The molecule has 0 bridgehead atoms. The predicted octanol–water partition coefficient (Wildman–Crippen LogP) is 7.77. The van der Waals surface area contributed by atoms with Crippen LogP contribution < -0.4 is 0 Å². The number of thioether (sulfide) groups is 2. The standard InChI is InChI=1S/C36H62N2O12S.C33H58N2O12S.2CH4.H2/c1-26(28(39)44-12)21-51-36(8,31(42)48-19-27-20-49-33(4,5)50-27)24-35(7,30(41)47-18-17-45-16-15-43-11)23-34(6,22-32(2,3)25-37)29(40)46-14-13-38(9)10;1-24(26(38)43-10)19-48-33(6,29(41)47-18-25(37)17-36)22-32(5,28(40)46-16-15-44-14-13-42-9)21-31(4,20-30(2,3)23-34)27(39)45-12-11-35(7)8;;;/h26-27H,13-24H2,1-12H3;24-25,36-37H,11-22H2,1-10H3;2*1H4;1H/i;;;;1+1. The fourth-order valence-corrected chi connectivity index (χ4v) is 14.0. The van der Waals surface area contributed by atoms with Crippen LogP contribution in [0.1, 0.15) is 152 Å². The van der Waals surface area contributed by atoms with E-state index in [-0.39, 0.29) is 126 Å². The Labute approximate surface area is 613 Å². The van der Waals surface area contributed by atoms with E-state index < -0.39 is 133 Å². The molecule has 590 valence electrons. The number of hydrogen-bond donors (Lipinski definition) is 2. The van der Waals surface area contributed by atoms with Crippen molar-refractivity contribution >= 4 is 71.3 Å². The summed E-state index contributed by atoms with van der Waals surface area (Å²) in [5.74, 6) is -6.79. The Balaban J connectivity index is -0.000000916. The van der Waals surface area contributed by atoms with Crippen molar-refractivity contribution in [1.82, 2.24) is 9.80 Å². The molecule has 30 heteroatoms. The van der Waals surface area contributed by atoms with Gasteiger partial charge in [0.15, 0.2) is 5.79 Å². The minimum Gasteiger partial charge on any atom is -0.469 e. The first-order valence-corrected chi connectivity index (χ1v) is 35.1. The number of esters is 8. The zero-order valence-corrected chi connectivity index (χ0v) is 64.9. The number of nitrogens with zero attached hydrogens (tertiary/aromatic N) is 4. The molecule has 1 saturated heterocycles. The van der Waals surface area contributed by atoms with E-state index in [1.807, 2.05) is 38.0 Å². The number of carbonyl (C=O) groups excluding carboxylic acids is 8. The SMILES string of the molecule is C.C.COCCOCCOC(=O)C(C)(CC(C)(CC(C)(C)C#N)C(=O)OCCN(C)C)CC(C)(SCC(C)C(=O)OC)C(=O)OCC(O)CO.COCCOCCOC(=O)C(C)(CC(C)(CC(C)(C)C#N)C(=O)OCCN(C)C)CC(C)(SCC(C)C(=O)OC)C(=O)OCC1COC(C)(C)O1.[2HH]. The quantitative estimate of drug-likeness (QED) is 0.0333. The molecule has 0 radical (unpaired) electrons. The van der Waals surface area contributed by atoms with E-state index in [2.05, 4.69) is 12.1 Å². The molecule has 1 rings (SSSR count). The number of aliphatic hydroxyl groups excluding tert-OH is 2. The summed E-state index contributed by atoms with van der Waals surface area (Å²) in [6.07, 6.45) is -2.44. The highest BCUT2D eigenvalue weighted by Crippen LogP contribution is 2.52. The first-order valence-electron chi connectivity index (χ1n) is 33.1. The lowest BCUT2D eigenvalue weighted by Gasteiger charge is -2.42. The van der Waals surface area contributed by atoms with Gasteiger partial charge in [-0.05, 0) is 150 Å². The Morgan fingerprint density at radius 3 is 1.17 bits per heavy atom. The summed E-state index contributed by atoms with van der Waals surface area (Å²) < 4.78 is 73.2. The number of hydrogen-bond acceptors (Lipinski definition) is 30. The molecule has 1 fully saturated rings. The Morgan fingerprint density at radius 1 is 0.525 bits per heavy atom. The van der Waals surface area contributed by atoms with Gasteiger partial charge in [-0.3, -0.25) is 38.4 Å². The zero-order chi connectivity index (χ0) is 76.3. The maximum absolute atomic E-state index is 14.2. The summed E-state index contributed by atoms with van der Waals surface area (Å²) in [7, 11) is 13.0. The van der Waals surface area contributed by atoms with E-state index in [9.17, 15) is 59.1 Å². The first-order chi connectivity index (χ1) is 45.8. The highest BCUT2D eigenvalue weighted by Gasteiger charge is 2.56. The monoisotopic (exact) mass is 1490 g/mol. The van der Waals surface area contributed by atoms with Crippen LogP contribution in [0.3, 0.4) is 0 Å². The summed E-state index contributed by atoms with van der Waals surface area (Å²) in [6, 6.07) is 4.48. The summed E-state index contributed by atoms with van der Waals surface area (Å²) in [5, 5.41) is 39.0. The summed E-state index contributed by atoms with van der Waals surface area (Å²) in [6.45, 7) is 24.7. The smallest absolute Gasteiger partial charge is 0.322 e. The number of ether oxygens (including phenoxy) is 14. The molecule has 1 aliphatic heterocycles. The van der Waals surface area contributed by atoms with Crippen molar-refractivity contribution in [2.24, 2.45) is 44.3 Å². The van der Waals surface area contributed by atoms with Crippen molar-refractivity contribution in [2.45, 2.75) is 178 Å². The van der Waals surface area contributed by atoms with Gasteiger partial charge in [0.2, 0.25) is 0 Å². The minimum absolute atomic E-state index is 0. The molecule has 10 unspecified atom stereocenters. The Morgan fingerprint density at radius 2 is 0.861 bits per heavy atom. The first kappa shape index (κ1) is 100. The molecule has 1 aliphatic rings. The van der Waals surface area contributed by atoms with E-state index >= 15 is 0 Å². The third-order valence-corrected chi connectivity index (χ3v) is 19.3. The average Bonchev–Trinajstić information content (AvgIpc) is 0.874. The Hall–Kier alpha value is -4.96. The second-order valence-corrected chi connectivity index (χ2v) is 32.1. The fourth-order valence-electron chi connectivity index (χ4n) is 11.3.